The predicted molar refractivity (Wildman–Crippen MR) is 92.2 cm³/mol. The van der Waals surface area contributed by atoms with Crippen LogP contribution in [0.5, 0.6) is 5.75 Å². The van der Waals surface area contributed by atoms with Crippen LogP contribution in [-0.4, -0.2) is 0 Å². The summed E-state index contributed by atoms with van der Waals surface area (Å²) in [5.41, 5.74) is 1.40. The molecule has 112 valence electrons. The smallest absolute Gasteiger partial charge is 0.205 e. The van der Waals surface area contributed by atoms with Crippen molar-refractivity contribution >= 4 is 19.4 Å². The molecule has 0 bridgehead atoms. The Balaban J connectivity index is 2.40. The molecule has 3 heteroatoms. The molecule has 0 saturated heterocycles. The van der Waals surface area contributed by atoms with E-state index in [1.165, 1.54) is 31.2 Å². The van der Waals surface area contributed by atoms with E-state index in [9.17, 15) is 0 Å². The topological polar surface area (TPSA) is 9.23 Å². The van der Waals surface area contributed by atoms with Gasteiger partial charge < -0.3 is 4.52 Å². The standard InChI is InChI=1S/C17H27OPS/c1-13(2)6-5-7-14(3)12-15(4)16-8-10-17(11-9-16)18-19-20/h8-11,13-15H,5-7,12H2,1-4H3. The maximum Gasteiger partial charge on any atom is 0.205 e. The Labute approximate surface area is 131 Å². The molecule has 0 saturated carbocycles. The zero-order valence-corrected chi connectivity index (χ0v) is 14.8. The molecule has 0 radical (unpaired) electrons. The summed E-state index contributed by atoms with van der Waals surface area (Å²) in [6, 6.07) is 8.38. The van der Waals surface area contributed by atoms with E-state index in [2.05, 4.69) is 39.8 Å². The largest absolute Gasteiger partial charge is 0.429 e. The highest BCUT2D eigenvalue weighted by atomic mass is 32.4. The summed E-state index contributed by atoms with van der Waals surface area (Å²) in [6.45, 7) is 9.31. The molecule has 0 N–H and O–H groups in total. The highest BCUT2D eigenvalue weighted by Gasteiger charge is 2.11. The fourth-order valence-corrected chi connectivity index (χ4v) is 3.10. The molecule has 1 rings (SSSR count). The van der Waals surface area contributed by atoms with Gasteiger partial charge in [-0.2, -0.15) is 0 Å². The van der Waals surface area contributed by atoms with Gasteiger partial charge in [-0.05, 0) is 53.7 Å². The minimum atomic E-state index is 0.539. The van der Waals surface area contributed by atoms with Crippen molar-refractivity contribution in [1.82, 2.24) is 0 Å². The number of hydrogen-bond acceptors (Lipinski definition) is 2. The summed E-state index contributed by atoms with van der Waals surface area (Å²) in [6.07, 6.45) is 5.32. The van der Waals surface area contributed by atoms with Crippen LogP contribution in [0.3, 0.4) is 0 Å². The molecule has 0 aliphatic carbocycles. The van der Waals surface area contributed by atoms with E-state index in [0.29, 0.717) is 13.5 Å². The summed E-state index contributed by atoms with van der Waals surface area (Å²) >= 11 is 4.78. The van der Waals surface area contributed by atoms with Crippen LogP contribution >= 0.6 is 7.58 Å². The second-order valence-corrected chi connectivity index (χ2v) is 7.08. The first-order valence-corrected chi connectivity index (χ1v) is 9.45. The van der Waals surface area contributed by atoms with Crippen molar-refractivity contribution in [3.63, 3.8) is 0 Å². The Hall–Kier alpha value is -0.460. The average Bonchev–Trinajstić information content (AvgIpc) is 2.39. The lowest BCUT2D eigenvalue weighted by Crippen LogP contribution is -2.03. The number of hydrogen-bond donors (Lipinski definition) is 0. The van der Waals surface area contributed by atoms with Gasteiger partial charge in [-0.1, -0.05) is 59.1 Å². The Morgan fingerprint density at radius 1 is 1.05 bits per heavy atom. The van der Waals surface area contributed by atoms with E-state index in [1.807, 2.05) is 12.1 Å². The molecule has 2 unspecified atom stereocenters. The average molecular weight is 310 g/mol. The molecular weight excluding hydrogens is 283 g/mol. The third-order valence-corrected chi connectivity index (χ3v) is 4.34. The van der Waals surface area contributed by atoms with Gasteiger partial charge in [0.1, 0.15) is 5.75 Å². The normalized spacial score (nSPS) is 14.4. The van der Waals surface area contributed by atoms with E-state index in [0.717, 1.165) is 17.6 Å². The van der Waals surface area contributed by atoms with Crippen LogP contribution in [0.2, 0.25) is 0 Å². The minimum absolute atomic E-state index is 0.539. The van der Waals surface area contributed by atoms with Crippen molar-refractivity contribution in [3.05, 3.63) is 29.8 Å². The Bertz CT molecular complexity index is 388. The van der Waals surface area contributed by atoms with Crippen molar-refractivity contribution in [1.29, 1.82) is 0 Å². The summed E-state index contributed by atoms with van der Waals surface area (Å²) in [5, 5.41) is 0. The summed E-state index contributed by atoms with van der Waals surface area (Å²) in [7, 11) is 0.539. The molecule has 0 heterocycles. The van der Waals surface area contributed by atoms with Crippen molar-refractivity contribution in [2.45, 2.75) is 59.3 Å². The Morgan fingerprint density at radius 2 is 1.70 bits per heavy atom. The lowest BCUT2D eigenvalue weighted by Gasteiger charge is -2.18. The lowest BCUT2D eigenvalue weighted by molar-refractivity contribution is 0.414. The van der Waals surface area contributed by atoms with E-state index in [1.54, 1.807) is 0 Å². The minimum Gasteiger partial charge on any atom is -0.429 e. The fourth-order valence-electron chi connectivity index (χ4n) is 2.63. The molecule has 1 aromatic rings. The molecule has 0 aliphatic rings. The molecule has 1 aromatic carbocycles. The SMILES string of the molecule is CC(C)CCCC(C)CC(C)c1ccc(OP=S)cc1. The van der Waals surface area contributed by atoms with E-state index in [-0.39, 0.29) is 0 Å². The summed E-state index contributed by atoms with van der Waals surface area (Å²) in [4.78, 5) is 0. The fraction of sp³-hybridized carbons (Fsp3) is 0.647. The van der Waals surface area contributed by atoms with Gasteiger partial charge in [0, 0.05) is 0 Å². The molecule has 2 atom stereocenters. The summed E-state index contributed by atoms with van der Waals surface area (Å²) in [5.74, 6) is 3.10. The zero-order valence-electron chi connectivity index (χ0n) is 13.1. The van der Waals surface area contributed by atoms with Gasteiger partial charge in [-0.25, -0.2) is 0 Å². The van der Waals surface area contributed by atoms with Crippen molar-refractivity contribution in [3.8, 4) is 5.75 Å². The monoisotopic (exact) mass is 310 g/mol. The van der Waals surface area contributed by atoms with Gasteiger partial charge in [0.05, 0.1) is 0 Å². The van der Waals surface area contributed by atoms with Gasteiger partial charge >= 0.3 is 0 Å². The first kappa shape index (κ1) is 17.6. The van der Waals surface area contributed by atoms with Crippen LogP contribution in [0.1, 0.15) is 64.9 Å². The third kappa shape index (κ3) is 6.81. The van der Waals surface area contributed by atoms with Crippen molar-refractivity contribution in [2.24, 2.45) is 11.8 Å². The van der Waals surface area contributed by atoms with Crippen LogP contribution in [0.15, 0.2) is 24.3 Å². The Kier molecular flexibility index (Phi) is 8.33. The molecule has 0 amide bonds. The molecule has 0 spiro atoms. The van der Waals surface area contributed by atoms with Crippen molar-refractivity contribution in [2.75, 3.05) is 0 Å². The quantitative estimate of drug-likeness (QED) is 0.492. The molecule has 1 nitrogen and oxygen atoms in total. The van der Waals surface area contributed by atoms with Gasteiger partial charge in [0.25, 0.3) is 0 Å². The van der Waals surface area contributed by atoms with Crippen molar-refractivity contribution < 1.29 is 4.52 Å². The maximum absolute atomic E-state index is 5.28. The van der Waals surface area contributed by atoms with Crippen LogP contribution in [0, 0.1) is 11.8 Å². The highest BCUT2D eigenvalue weighted by molar-refractivity contribution is 7.94. The van der Waals surface area contributed by atoms with Gasteiger partial charge in [-0.15, -0.1) is 0 Å². The van der Waals surface area contributed by atoms with Crippen LogP contribution < -0.4 is 4.52 Å². The second-order valence-electron chi connectivity index (χ2n) is 6.30. The molecular formula is C17H27OPS. The number of benzene rings is 1. The predicted octanol–water partition coefficient (Wildman–Crippen LogP) is 6.34. The van der Waals surface area contributed by atoms with E-state index < -0.39 is 0 Å². The van der Waals surface area contributed by atoms with Crippen LogP contribution in [0.4, 0.5) is 0 Å². The summed E-state index contributed by atoms with van der Waals surface area (Å²) < 4.78 is 5.28. The van der Waals surface area contributed by atoms with Gasteiger partial charge in [-0.3, -0.25) is 0 Å². The second kappa shape index (κ2) is 9.47. The van der Waals surface area contributed by atoms with E-state index >= 15 is 0 Å². The van der Waals surface area contributed by atoms with Crippen LogP contribution in [0.25, 0.3) is 0 Å². The molecule has 0 fully saturated rings. The third-order valence-electron chi connectivity index (χ3n) is 3.83. The van der Waals surface area contributed by atoms with Gasteiger partial charge in [0.2, 0.25) is 7.58 Å². The lowest BCUT2D eigenvalue weighted by atomic mass is 9.88. The molecule has 0 aromatic heterocycles. The first-order chi connectivity index (χ1) is 9.52. The van der Waals surface area contributed by atoms with E-state index in [4.69, 9.17) is 16.3 Å². The zero-order chi connectivity index (χ0) is 15.0. The molecule has 20 heavy (non-hydrogen) atoms. The maximum atomic E-state index is 5.28. The molecule has 0 aliphatic heterocycles. The first-order valence-electron chi connectivity index (χ1n) is 7.62. The van der Waals surface area contributed by atoms with Gasteiger partial charge in [0.15, 0.2) is 0 Å². The highest BCUT2D eigenvalue weighted by Crippen LogP contribution is 2.28. The Morgan fingerprint density at radius 3 is 2.25 bits per heavy atom. The number of rotatable bonds is 9. The van der Waals surface area contributed by atoms with Crippen LogP contribution in [-0.2, 0) is 11.8 Å².